The minimum atomic E-state index is -0.370. The summed E-state index contributed by atoms with van der Waals surface area (Å²) in [6.45, 7) is 10.3. The summed E-state index contributed by atoms with van der Waals surface area (Å²) in [6, 6.07) is 13.1. The molecule has 0 saturated heterocycles. The summed E-state index contributed by atoms with van der Waals surface area (Å²) in [6.07, 6.45) is 0.670. The average Bonchev–Trinajstić information content (AvgIpc) is 2.73. The Labute approximate surface area is 187 Å². The van der Waals surface area contributed by atoms with Gasteiger partial charge in [0.15, 0.2) is 0 Å². The molecule has 162 valence electrons. The first kappa shape index (κ1) is 22.8. The van der Waals surface area contributed by atoms with Gasteiger partial charge in [0, 0.05) is 11.1 Å². The summed E-state index contributed by atoms with van der Waals surface area (Å²) >= 11 is 1.48. The second kappa shape index (κ2) is 9.96. The van der Waals surface area contributed by atoms with Crippen molar-refractivity contribution in [3.63, 3.8) is 0 Å². The number of hydrogen-bond donors (Lipinski definition) is 1. The van der Waals surface area contributed by atoms with Crippen molar-refractivity contribution in [2.24, 2.45) is 0 Å². The second-order valence-corrected chi connectivity index (χ2v) is 8.78. The van der Waals surface area contributed by atoms with Crippen LogP contribution in [0.15, 0.2) is 47.5 Å². The number of thioether (sulfide) groups is 1. The molecule has 1 N–H and O–H groups in total. The smallest absolute Gasteiger partial charge is 0.338 e. The molecule has 0 aliphatic rings. The van der Waals surface area contributed by atoms with Gasteiger partial charge in [-0.15, -0.1) is 0 Å². The van der Waals surface area contributed by atoms with Crippen LogP contribution in [-0.2, 0) is 9.53 Å². The number of amides is 1. The molecule has 1 heterocycles. The number of rotatable bonds is 7. The third-order valence-corrected chi connectivity index (χ3v) is 6.30. The van der Waals surface area contributed by atoms with Crippen LogP contribution in [0.5, 0.6) is 0 Å². The summed E-state index contributed by atoms with van der Waals surface area (Å²) < 4.78 is 4.99. The van der Waals surface area contributed by atoms with Gasteiger partial charge in [-0.1, -0.05) is 30.3 Å². The number of nitrogens with one attached hydrogen (secondary N) is 1. The van der Waals surface area contributed by atoms with Crippen molar-refractivity contribution in [2.75, 3.05) is 11.9 Å². The van der Waals surface area contributed by atoms with E-state index in [0.29, 0.717) is 24.3 Å². The Morgan fingerprint density at radius 3 is 2.39 bits per heavy atom. The van der Waals surface area contributed by atoms with Crippen molar-refractivity contribution in [2.45, 2.75) is 51.3 Å². The Balaban J connectivity index is 1.75. The van der Waals surface area contributed by atoms with E-state index in [1.54, 1.807) is 31.2 Å². The highest BCUT2D eigenvalue weighted by atomic mass is 32.2. The third kappa shape index (κ3) is 5.44. The van der Waals surface area contributed by atoms with Gasteiger partial charge in [-0.2, -0.15) is 0 Å². The molecule has 0 aliphatic carbocycles. The molecule has 6 heteroatoms. The van der Waals surface area contributed by atoms with Crippen molar-refractivity contribution in [1.82, 2.24) is 4.98 Å². The molecule has 0 bridgehead atoms. The van der Waals surface area contributed by atoms with E-state index < -0.39 is 0 Å². The third-order valence-electron chi connectivity index (χ3n) is 5.02. The first-order valence-electron chi connectivity index (χ1n) is 10.5. The zero-order chi connectivity index (χ0) is 22.5. The highest BCUT2D eigenvalue weighted by molar-refractivity contribution is 8.00. The number of benzene rings is 2. The van der Waals surface area contributed by atoms with Gasteiger partial charge in [-0.3, -0.25) is 4.79 Å². The standard InChI is InChI=1S/C25H28N2O3S/c1-6-21(24(28)26-19-10-8-18(9-11-19)25(29)30-7-2)31-22-14-16(4)20-13-15(3)12-17(5)23(20)27-22/h8-14,21H,6-7H2,1-5H3,(H,26,28). The van der Waals surface area contributed by atoms with Gasteiger partial charge in [0.2, 0.25) is 5.91 Å². The van der Waals surface area contributed by atoms with E-state index in [2.05, 4.69) is 44.3 Å². The summed E-state index contributed by atoms with van der Waals surface area (Å²) in [5.41, 5.74) is 5.60. The maximum absolute atomic E-state index is 12.9. The zero-order valence-electron chi connectivity index (χ0n) is 18.6. The molecule has 1 unspecified atom stereocenters. The van der Waals surface area contributed by atoms with Crippen LogP contribution in [-0.4, -0.2) is 28.7 Å². The molecule has 1 amide bonds. The van der Waals surface area contributed by atoms with E-state index in [1.165, 1.54) is 17.3 Å². The van der Waals surface area contributed by atoms with Crippen LogP contribution in [0.3, 0.4) is 0 Å². The number of carbonyl (C=O) groups excluding carboxylic acids is 2. The van der Waals surface area contributed by atoms with Gasteiger partial charge in [0.25, 0.3) is 0 Å². The van der Waals surface area contributed by atoms with E-state index in [9.17, 15) is 9.59 Å². The fourth-order valence-electron chi connectivity index (χ4n) is 3.47. The fourth-order valence-corrected chi connectivity index (χ4v) is 4.48. The van der Waals surface area contributed by atoms with Crippen LogP contribution >= 0.6 is 11.8 Å². The predicted molar refractivity (Wildman–Crippen MR) is 127 cm³/mol. The highest BCUT2D eigenvalue weighted by Crippen LogP contribution is 2.30. The van der Waals surface area contributed by atoms with Crippen molar-refractivity contribution in [1.29, 1.82) is 0 Å². The van der Waals surface area contributed by atoms with Gasteiger partial charge in [0.1, 0.15) is 0 Å². The Kier molecular flexibility index (Phi) is 7.33. The van der Waals surface area contributed by atoms with E-state index >= 15 is 0 Å². The van der Waals surface area contributed by atoms with Crippen molar-refractivity contribution < 1.29 is 14.3 Å². The van der Waals surface area contributed by atoms with Gasteiger partial charge in [-0.05, 0) is 81.6 Å². The molecule has 1 aromatic heterocycles. The van der Waals surface area contributed by atoms with Crippen molar-refractivity contribution in [3.8, 4) is 0 Å². The number of aromatic nitrogens is 1. The number of hydrogen-bond acceptors (Lipinski definition) is 5. The first-order valence-corrected chi connectivity index (χ1v) is 11.3. The monoisotopic (exact) mass is 436 g/mol. The van der Waals surface area contributed by atoms with Crippen LogP contribution in [0.1, 0.15) is 47.3 Å². The highest BCUT2D eigenvalue weighted by Gasteiger charge is 2.20. The molecule has 1 atom stereocenters. The zero-order valence-corrected chi connectivity index (χ0v) is 19.4. The summed E-state index contributed by atoms with van der Waals surface area (Å²) in [5.74, 6) is -0.456. The van der Waals surface area contributed by atoms with Gasteiger partial charge in [0.05, 0.1) is 28.0 Å². The summed E-state index contributed by atoms with van der Waals surface area (Å²) in [7, 11) is 0. The van der Waals surface area contributed by atoms with Gasteiger partial charge < -0.3 is 10.1 Å². The SMILES string of the molecule is CCOC(=O)c1ccc(NC(=O)C(CC)Sc2cc(C)c3cc(C)cc(C)c3n2)cc1. The normalized spacial score (nSPS) is 11.9. The van der Waals surface area contributed by atoms with Crippen molar-refractivity contribution in [3.05, 3.63) is 64.7 Å². The van der Waals surface area contributed by atoms with E-state index in [4.69, 9.17) is 9.72 Å². The number of anilines is 1. The maximum Gasteiger partial charge on any atom is 0.338 e. The van der Waals surface area contributed by atoms with Crippen LogP contribution < -0.4 is 5.32 Å². The molecule has 31 heavy (non-hydrogen) atoms. The van der Waals surface area contributed by atoms with E-state index in [0.717, 1.165) is 27.1 Å². The van der Waals surface area contributed by atoms with Gasteiger partial charge in [-0.25, -0.2) is 9.78 Å². The van der Waals surface area contributed by atoms with Crippen LogP contribution in [0.2, 0.25) is 0 Å². The topological polar surface area (TPSA) is 68.3 Å². The largest absolute Gasteiger partial charge is 0.462 e. The number of aryl methyl sites for hydroxylation is 3. The molecule has 0 fully saturated rings. The maximum atomic E-state index is 12.9. The number of esters is 1. The summed E-state index contributed by atoms with van der Waals surface area (Å²) in [5, 5.41) is 4.66. The Morgan fingerprint density at radius 2 is 1.74 bits per heavy atom. The summed E-state index contributed by atoms with van der Waals surface area (Å²) in [4.78, 5) is 29.5. The number of carbonyl (C=O) groups is 2. The Morgan fingerprint density at radius 1 is 1.03 bits per heavy atom. The molecule has 0 spiro atoms. The molecule has 3 rings (SSSR count). The average molecular weight is 437 g/mol. The van der Waals surface area contributed by atoms with Crippen LogP contribution in [0.4, 0.5) is 5.69 Å². The molecule has 0 radical (unpaired) electrons. The lowest BCUT2D eigenvalue weighted by molar-refractivity contribution is -0.115. The second-order valence-electron chi connectivity index (χ2n) is 7.56. The molecule has 0 saturated carbocycles. The first-order chi connectivity index (χ1) is 14.8. The van der Waals surface area contributed by atoms with E-state index in [-0.39, 0.29) is 17.1 Å². The molecule has 3 aromatic rings. The number of pyridine rings is 1. The molecule has 2 aromatic carbocycles. The number of nitrogens with zero attached hydrogens (tertiary/aromatic N) is 1. The molecular formula is C25H28N2O3S. The van der Waals surface area contributed by atoms with Crippen LogP contribution in [0, 0.1) is 20.8 Å². The number of fused-ring (bicyclic) bond motifs is 1. The van der Waals surface area contributed by atoms with Gasteiger partial charge >= 0.3 is 5.97 Å². The lowest BCUT2D eigenvalue weighted by atomic mass is 10.0. The lowest BCUT2D eigenvalue weighted by Crippen LogP contribution is -2.24. The van der Waals surface area contributed by atoms with Crippen molar-refractivity contribution >= 4 is 40.2 Å². The minimum absolute atomic E-state index is 0.0865. The quantitative estimate of drug-likeness (QED) is 0.372. The molecule has 5 nitrogen and oxygen atoms in total. The van der Waals surface area contributed by atoms with E-state index in [1.807, 2.05) is 6.92 Å². The Bertz CT molecular complexity index is 1110. The number of ether oxygens (including phenoxy) is 1. The Hall–Kier alpha value is -2.86. The molecular weight excluding hydrogens is 408 g/mol. The predicted octanol–water partition coefficient (Wildman–Crippen LogP) is 5.85. The lowest BCUT2D eigenvalue weighted by Gasteiger charge is -2.16. The fraction of sp³-hybridized carbons (Fsp3) is 0.320. The van der Waals surface area contributed by atoms with Crippen LogP contribution in [0.25, 0.3) is 10.9 Å². The molecule has 0 aliphatic heterocycles. The minimum Gasteiger partial charge on any atom is -0.462 e.